The summed E-state index contributed by atoms with van der Waals surface area (Å²) in [4.78, 5) is 17.2. The molecule has 0 aliphatic carbocycles. The summed E-state index contributed by atoms with van der Waals surface area (Å²) in [6, 6.07) is 8.09. The lowest BCUT2D eigenvalue weighted by Crippen LogP contribution is -2.41. The van der Waals surface area contributed by atoms with Gasteiger partial charge in [0.25, 0.3) is 5.91 Å². The van der Waals surface area contributed by atoms with Gasteiger partial charge in [0.1, 0.15) is 5.75 Å². The zero-order chi connectivity index (χ0) is 20.8. The molecule has 8 nitrogen and oxygen atoms in total. The molecule has 1 atom stereocenters. The van der Waals surface area contributed by atoms with E-state index >= 15 is 0 Å². The van der Waals surface area contributed by atoms with E-state index in [1.807, 2.05) is 17.0 Å². The molecule has 0 saturated carbocycles. The summed E-state index contributed by atoms with van der Waals surface area (Å²) in [6.45, 7) is 9.23. The van der Waals surface area contributed by atoms with Gasteiger partial charge in [-0.2, -0.15) is 0 Å². The number of piperidine rings is 1. The zero-order valence-corrected chi connectivity index (χ0v) is 17.7. The number of carbonyl (C=O) groups excluding carboxylic acids is 1. The maximum atomic E-state index is 12.9. The second kappa shape index (κ2) is 10.0. The Balaban J connectivity index is 1.26. The number of benzene rings is 1. The van der Waals surface area contributed by atoms with E-state index in [2.05, 4.69) is 34.3 Å². The third kappa shape index (κ3) is 5.58. The Bertz CT molecular complexity index is 816. The molecule has 2 saturated heterocycles. The number of hydrogen-bond acceptors (Lipinski definition) is 6. The highest BCUT2D eigenvalue weighted by molar-refractivity contribution is 5.92. The number of morpholine rings is 1. The van der Waals surface area contributed by atoms with Gasteiger partial charge in [-0.3, -0.25) is 14.4 Å². The molecular weight excluding hydrogens is 382 g/mol. The summed E-state index contributed by atoms with van der Waals surface area (Å²) >= 11 is 0. The Hall–Kier alpha value is -2.45. The van der Waals surface area contributed by atoms with Crippen LogP contribution in [0, 0.1) is 12.8 Å². The Labute approximate surface area is 177 Å². The van der Waals surface area contributed by atoms with Crippen molar-refractivity contribution < 1.29 is 14.3 Å². The van der Waals surface area contributed by atoms with E-state index in [-0.39, 0.29) is 5.91 Å². The molecule has 1 amide bonds. The molecule has 3 heterocycles. The molecule has 30 heavy (non-hydrogen) atoms. The molecule has 8 heteroatoms. The van der Waals surface area contributed by atoms with Crippen LogP contribution in [-0.4, -0.2) is 83.2 Å². The van der Waals surface area contributed by atoms with E-state index in [0.29, 0.717) is 24.8 Å². The molecular formula is C22H31N5O3. The fraction of sp³-hybridized carbons (Fsp3) is 0.591. The Morgan fingerprint density at radius 3 is 2.77 bits per heavy atom. The monoisotopic (exact) mass is 413 g/mol. The van der Waals surface area contributed by atoms with Crippen molar-refractivity contribution in [2.45, 2.75) is 26.3 Å². The van der Waals surface area contributed by atoms with Gasteiger partial charge in [-0.1, -0.05) is 22.9 Å². The van der Waals surface area contributed by atoms with Crippen molar-refractivity contribution >= 4 is 5.91 Å². The summed E-state index contributed by atoms with van der Waals surface area (Å²) in [5.41, 5.74) is 1.65. The number of aryl methyl sites for hydroxylation is 1. The van der Waals surface area contributed by atoms with Gasteiger partial charge in [0.2, 0.25) is 0 Å². The van der Waals surface area contributed by atoms with E-state index in [1.54, 1.807) is 10.9 Å². The summed E-state index contributed by atoms with van der Waals surface area (Å²) in [5.74, 6) is 1.18. The van der Waals surface area contributed by atoms with Crippen LogP contribution in [-0.2, 0) is 11.3 Å². The Morgan fingerprint density at radius 1 is 1.17 bits per heavy atom. The topological polar surface area (TPSA) is 72.7 Å². The first-order valence-corrected chi connectivity index (χ1v) is 10.9. The van der Waals surface area contributed by atoms with Crippen molar-refractivity contribution in [2.24, 2.45) is 5.92 Å². The first-order valence-electron chi connectivity index (χ1n) is 10.9. The predicted octanol–water partition coefficient (Wildman–Crippen LogP) is 1.85. The molecule has 0 spiro atoms. The lowest BCUT2D eigenvalue weighted by Gasteiger charge is -2.32. The number of likely N-dealkylation sites (tertiary alicyclic amines) is 1. The molecule has 1 unspecified atom stereocenters. The molecule has 2 fully saturated rings. The molecule has 2 aliphatic heterocycles. The standard InChI is InChI=1S/C22H31N5O3/c1-18-4-6-20(7-5-18)30-17-19-3-2-8-26(15-19)22(28)21-16-27(24-23-21)10-9-25-11-13-29-14-12-25/h4-7,16,19H,2-3,8-15,17H2,1H3. The average molecular weight is 414 g/mol. The van der Waals surface area contributed by atoms with Crippen molar-refractivity contribution in [3.05, 3.63) is 41.7 Å². The molecule has 0 N–H and O–H groups in total. The van der Waals surface area contributed by atoms with Gasteiger partial charge >= 0.3 is 0 Å². The lowest BCUT2D eigenvalue weighted by molar-refractivity contribution is 0.0359. The van der Waals surface area contributed by atoms with Crippen molar-refractivity contribution in [3.63, 3.8) is 0 Å². The minimum absolute atomic E-state index is 0.0346. The van der Waals surface area contributed by atoms with E-state index < -0.39 is 0 Å². The Kier molecular flexibility index (Phi) is 6.96. The van der Waals surface area contributed by atoms with Gasteiger partial charge in [-0.05, 0) is 31.9 Å². The summed E-state index contributed by atoms with van der Waals surface area (Å²) in [5, 5.41) is 8.28. The van der Waals surface area contributed by atoms with Gasteiger partial charge in [-0.15, -0.1) is 5.10 Å². The first-order chi connectivity index (χ1) is 14.7. The van der Waals surface area contributed by atoms with Crippen LogP contribution in [0.2, 0.25) is 0 Å². The van der Waals surface area contributed by atoms with Crippen LogP contribution >= 0.6 is 0 Å². The third-order valence-corrected chi connectivity index (χ3v) is 5.82. The van der Waals surface area contributed by atoms with Gasteiger partial charge < -0.3 is 14.4 Å². The van der Waals surface area contributed by atoms with Crippen LogP contribution < -0.4 is 4.74 Å². The first kappa shape index (κ1) is 20.8. The van der Waals surface area contributed by atoms with Gasteiger partial charge in [0, 0.05) is 38.6 Å². The number of nitrogens with zero attached hydrogens (tertiary/aromatic N) is 5. The van der Waals surface area contributed by atoms with Crippen LogP contribution in [0.15, 0.2) is 30.5 Å². The second-order valence-corrected chi connectivity index (χ2v) is 8.20. The molecule has 4 rings (SSSR count). The highest BCUT2D eigenvalue weighted by atomic mass is 16.5. The van der Waals surface area contributed by atoms with Crippen LogP contribution in [0.5, 0.6) is 5.75 Å². The fourth-order valence-electron chi connectivity index (χ4n) is 3.97. The minimum Gasteiger partial charge on any atom is -0.493 e. The summed E-state index contributed by atoms with van der Waals surface area (Å²) < 4.78 is 13.1. The largest absolute Gasteiger partial charge is 0.493 e. The number of ether oxygens (including phenoxy) is 2. The average Bonchev–Trinajstić information content (AvgIpc) is 3.27. The second-order valence-electron chi connectivity index (χ2n) is 8.20. The minimum atomic E-state index is -0.0346. The molecule has 162 valence electrons. The number of carbonyl (C=O) groups is 1. The molecule has 1 aromatic carbocycles. The maximum Gasteiger partial charge on any atom is 0.276 e. The zero-order valence-electron chi connectivity index (χ0n) is 17.7. The van der Waals surface area contributed by atoms with Crippen LogP contribution in [0.1, 0.15) is 28.9 Å². The highest BCUT2D eigenvalue weighted by Crippen LogP contribution is 2.20. The van der Waals surface area contributed by atoms with Crippen molar-refractivity contribution in [1.29, 1.82) is 0 Å². The SMILES string of the molecule is Cc1ccc(OCC2CCCN(C(=O)c3cn(CCN4CCOCC4)nn3)C2)cc1. The number of hydrogen-bond donors (Lipinski definition) is 0. The van der Waals surface area contributed by atoms with Crippen LogP contribution in [0.4, 0.5) is 0 Å². The molecule has 2 aromatic rings. The molecule has 0 bridgehead atoms. The van der Waals surface area contributed by atoms with Crippen molar-refractivity contribution in [2.75, 3.05) is 52.5 Å². The number of aromatic nitrogens is 3. The van der Waals surface area contributed by atoms with Gasteiger partial charge in [0.15, 0.2) is 5.69 Å². The molecule has 2 aliphatic rings. The van der Waals surface area contributed by atoms with E-state index in [1.165, 1.54) is 5.56 Å². The van der Waals surface area contributed by atoms with Gasteiger partial charge in [0.05, 0.1) is 32.6 Å². The number of amides is 1. The quantitative estimate of drug-likeness (QED) is 0.690. The van der Waals surface area contributed by atoms with Crippen LogP contribution in [0.3, 0.4) is 0 Å². The normalized spacial score (nSPS) is 20.3. The van der Waals surface area contributed by atoms with Crippen LogP contribution in [0.25, 0.3) is 0 Å². The molecule has 0 radical (unpaired) electrons. The predicted molar refractivity (Wildman–Crippen MR) is 113 cm³/mol. The van der Waals surface area contributed by atoms with Gasteiger partial charge in [-0.25, -0.2) is 0 Å². The van der Waals surface area contributed by atoms with Crippen molar-refractivity contribution in [3.8, 4) is 5.75 Å². The molecule has 1 aromatic heterocycles. The maximum absolute atomic E-state index is 12.9. The van der Waals surface area contributed by atoms with Crippen molar-refractivity contribution in [1.82, 2.24) is 24.8 Å². The highest BCUT2D eigenvalue weighted by Gasteiger charge is 2.26. The third-order valence-electron chi connectivity index (χ3n) is 5.82. The summed E-state index contributed by atoms with van der Waals surface area (Å²) in [6.07, 6.45) is 3.83. The smallest absolute Gasteiger partial charge is 0.276 e. The lowest BCUT2D eigenvalue weighted by atomic mass is 9.98. The fourth-order valence-corrected chi connectivity index (χ4v) is 3.97. The number of rotatable bonds is 7. The van der Waals surface area contributed by atoms with E-state index in [9.17, 15) is 4.79 Å². The van der Waals surface area contributed by atoms with E-state index in [0.717, 1.165) is 64.5 Å². The Morgan fingerprint density at radius 2 is 1.97 bits per heavy atom. The van der Waals surface area contributed by atoms with E-state index in [4.69, 9.17) is 9.47 Å². The summed E-state index contributed by atoms with van der Waals surface area (Å²) in [7, 11) is 0.